The molecule has 0 aromatic carbocycles. The predicted octanol–water partition coefficient (Wildman–Crippen LogP) is -3.06. The molecule has 4 heteroatoms. The Kier molecular flexibility index (Phi) is 4.56. The Bertz CT molecular complexity index is 269. The number of hydrogen-bond acceptors (Lipinski definition) is 2. The van der Waals surface area contributed by atoms with Crippen LogP contribution in [0.25, 0.3) is 0 Å². The average Bonchev–Trinajstić information content (AvgIpc) is 2.60. The molecule has 0 saturated carbocycles. The van der Waals surface area contributed by atoms with Gasteiger partial charge in [0.25, 0.3) is 0 Å². The number of thiophene rings is 2. The van der Waals surface area contributed by atoms with Crippen LogP contribution in [-0.2, 0) is 0 Å². The normalized spacial score (nSPS) is 9.33. The quantitative estimate of drug-likeness (QED) is 0.514. The van der Waals surface area contributed by atoms with Crippen molar-refractivity contribution in [3.05, 3.63) is 40.8 Å². The van der Waals surface area contributed by atoms with E-state index in [-0.39, 0.29) is 33.6 Å². The molecule has 0 aliphatic heterocycles. The zero-order valence-corrected chi connectivity index (χ0v) is 10.6. The molecular weight excluding hydrogens is 323 g/mol. The Hall–Kier alpha value is 0.420. The van der Waals surface area contributed by atoms with Crippen LogP contribution in [0.3, 0.4) is 0 Å². The van der Waals surface area contributed by atoms with Crippen LogP contribution in [-0.4, -0.2) is 0 Å². The number of rotatable bonds is 2. The van der Waals surface area contributed by atoms with Crippen LogP contribution in [0.4, 0.5) is 0 Å². The SMILES string of the molecule is [Cl-].c1csc([I+]c2cccs2)c1. The average molecular weight is 329 g/mol. The van der Waals surface area contributed by atoms with Gasteiger partial charge in [0.1, 0.15) is 0 Å². The van der Waals surface area contributed by atoms with Gasteiger partial charge in [-0.15, -0.1) is 0 Å². The van der Waals surface area contributed by atoms with E-state index in [2.05, 4.69) is 35.0 Å². The van der Waals surface area contributed by atoms with Gasteiger partial charge in [0, 0.05) is 12.1 Å². The first-order valence-electron chi connectivity index (χ1n) is 3.17. The Labute approximate surface area is 96.3 Å². The summed E-state index contributed by atoms with van der Waals surface area (Å²) in [4.78, 5) is 0. The summed E-state index contributed by atoms with van der Waals surface area (Å²) in [5.74, 6) is 0. The Morgan fingerprint density at radius 2 is 1.42 bits per heavy atom. The minimum Gasteiger partial charge on any atom is -1.00 e. The fourth-order valence-electron chi connectivity index (χ4n) is 0.716. The molecule has 0 amide bonds. The van der Waals surface area contributed by atoms with Crippen molar-refractivity contribution >= 4 is 22.7 Å². The Balaban J connectivity index is 0.000000720. The Morgan fingerprint density at radius 3 is 1.75 bits per heavy atom. The summed E-state index contributed by atoms with van der Waals surface area (Å²) in [6, 6.07) is 8.73. The lowest BCUT2D eigenvalue weighted by atomic mass is 10.7. The predicted molar refractivity (Wildman–Crippen MR) is 46.0 cm³/mol. The minimum absolute atomic E-state index is 0. The molecule has 0 unspecified atom stereocenters. The third kappa shape index (κ3) is 2.73. The molecule has 0 aliphatic carbocycles. The molecule has 2 rings (SSSR count). The zero-order chi connectivity index (χ0) is 7.52. The topological polar surface area (TPSA) is 0 Å². The van der Waals surface area contributed by atoms with Crippen molar-refractivity contribution in [1.82, 2.24) is 0 Å². The summed E-state index contributed by atoms with van der Waals surface area (Å²) >= 11 is 3.89. The van der Waals surface area contributed by atoms with E-state index in [4.69, 9.17) is 0 Å². The lowest BCUT2D eigenvalue weighted by molar-refractivity contribution is -0.585. The largest absolute Gasteiger partial charge is 1.00 e. The van der Waals surface area contributed by atoms with Crippen LogP contribution in [0.1, 0.15) is 0 Å². The molecule has 64 valence electrons. The smallest absolute Gasteiger partial charge is 0.381 e. The van der Waals surface area contributed by atoms with Crippen LogP contribution in [0, 0.1) is 5.77 Å². The maximum Gasteiger partial charge on any atom is 0.381 e. The van der Waals surface area contributed by atoms with Gasteiger partial charge in [0.15, 0.2) is 0 Å². The molecule has 0 saturated heterocycles. The summed E-state index contributed by atoms with van der Waals surface area (Å²) < 4.78 is 3.12. The molecular formula is C8H6ClIS2. The Morgan fingerprint density at radius 1 is 0.917 bits per heavy atom. The van der Waals surface area contributed by atoms with Crippen LogP contribution in [0.2, 0.25) is 0 Å². The van der Waals surface area contributed by atoms with Crippen LogP contribution in [0.5, 0.6) is 0 Å². The molecule has 2 heterocycles. The van der Waals surface area contributed by atoms with E-state index in [0.717, 1.165) is 0 Å². The van der Waals surface area contributed by atoms with Gasteiger partial charge in [-0.25, -0.2) is 0 Å². The van der Waals surface area contributed by atoms with Gasteiger partial charge in [-0.3, -0.25) is 0 Å². The van der Waals surface area contributed by atoms with Crippen molar-refractivity contribution in [2.75, 3.05) is 0 Å². The highest BCUT2D eigenvalue weighted by Gasteiger charge is 2.16. The molecule has 0 fully saturated rings. The van der Waals surface area contributed by atoms with Crippen molar-refractivity contribution < 1.29 is 33.6 Å². The van der Waals surface area contributed by atoms with E-state index in [0.29, 0.717) is 0 Å². The van der Waals surface area contributed by atoms with E-state index in [1.807, 2.05) is 22.7 Å². The molecule has 0 radical (unpaired) electrons. The second-order valence-electron chi connectivity index (χ2n) is 1.93. The highest BCUT2D eigenvalue weighted by Crippen LogP contribution is 1.97. The van der Waals surface area contributed by atoms with Gasteiger partial charge in [-0.2, -0.15) is 0 Å². The zero-order valence-electron chi connectivity index (χ0n) is 6.04. The van der Waals surface area contributed by atoms with Gasteiger partial charge >= 0.3 is 21.2 Å². The number of hydrogen-bond donors (Lipinski definition) is 0. The van der Waals surface area contributed by atoms with Gasteiger partial charge in [-0.05, 0) is 22.9 Å². The molecule has 2 aromatic heterocycles. The molecule has 0 spiro atoms. The summed E-state index contributed by atoms with van der Waals surface area (Å²) in [6.45, 7) is 0. The van der Waals surface area contributed by atoms with E-state index in [1.165, 1.54) is 0 Å². The summed E-state index contributed by atoms with van der Waals surface area (Å²) in [5.41, 5.74) is 0. The molecule has 0 nitrogen and oxygen atoms in total. The van der Waals surface area contributed by atoms with Gasteiger partial charge in [-0.1, -0.05) is 22.7 Å². The van der Waals surface area contributed by atoms with E-state index in [1.54, 1.807) is 5.77 Å². The standard InChI is InChI=1S/C8H6IS2.ClH/c1-3-7(10-5-1)9-8-4-2-6-11-8;/h1-6H;1H/q+1;/p-1. The first-order valence-corrected chi connectivity index (χ1v) is 7.09. The van der Waals surface area contributed by atoms with Crippen molar-refractivity contribution in [2.24, 2.45) is 0 Å². The fourth-order valence-corrected chi connectivity index (χ4v) is 6.08. The monoisotopic (exact) mass is 328 g/mol. The first-order chi connectivity index (χ1) is 5.45. The molecule has 12 heavy (non-hydrogen) atoms. The third-order valence-corrected chi connectivity index (χ3v) is 6.81. The van der Waals surface area contributed by atoms with E-state index < -0.39 is 0 Å². The van der Waals surface area contributed by atoms with Crippen molar-refractivity contribution in [1.29, 1.82) is 0 Å². The number of halogens is 2. The lowest BCUT2D eigenvalue weighted by Gasteiger charge is -1.69. The fraction of sp³-hybridized carbons (Fsp3) is 0. The maximum atomic E-state index is 2.23. The van der Waals surface area contributed by atoms with Crippen molar-refractivity contribution in [2.45, 2.75) is 0 Å². The molecule has 0 aliphatic rings. The van der Waals surface area contributed by atoms with E-state index >= 15 is 0 Å². The van der Waals surface area contributed by atoms with Crippen LogP contribution >= 0.6 is 22.7 Å². The maximum absolute atomic E-state index is 2.23. The third-order valence-electron chi connectivity index (χ3n) is 1.16. The second-order valence-corrected chi connectivity index (χ2v) is 8.15. The minimum atomic E-state index is 0. The molecule has 0 atom stereocenters. The molecule has 2 aromatic rings. The van der Waals surface area contributed by atoms with Crippen LogP contribution < -0.4 is 33.6 Å². The second kappa shape index (κ2) is 5.21. The van der Waals surface area contributed by atoms with Crippen LogP contribution in [0.15, 0.2) is 35.0 Å². The highest BCUT2D eigenvalue weighted by molar-refractivity contribution is 7.08. The van der Waals surface area contributed by atoms with Gasteiger partial charge < -0.3 is 12.4 Å². The summed E-state index contributed by atoms with van der Waals surface area (Å²) in [5, 5.41) is 4.31. The highest BCUT2D eigenvalue weighted by atomic mass is 127. The van der Waals surface area contributed by atoms with E-state index in [9.17, 15) is 0 Å². The lowest BCUT2D eigenvalue weighted by Crippen LogP contribution is -3.61. The van der Waals surface area contributed by atoms with Crippen molar-refractivity contribution in [3.8, 4) is 0 Å². The molecule has 0 bridgehead atoms. The summed E-state index contributed by atoms with van der Waals surface area (Å²) in [7, 11) is 0. The van der Waals surface area contributed by atoms with Gasteiger partial charge in [0.05, 0.1) is 0 Å². The first kappa shape index (κ1) is 10.5. The van der Waals surface area contributed by atoms with Gasteiger partial charge in [0.2, 0.25) is 5.77 Å². The van der Waals surface area contributed by atoms with Crippen molar-refractivity contribution in [3.63, 3.8) is 0 Å². The summed E-state index contributed by atoms with van der Waals surface area (Å²) in [6.07, 6.45) is 0. The molecule has 0 N–H and O–H groups in total.